The van der Waals surface area contributed by atoms with E-state index in [9.17, 15) is 0 Å². The third-order valence-electron chi connectivity index (χ3n) is 4.67. The number of nitrogens with zero attached hydrogens (tertiary/aromatic N) is 1. The quantitative estimate of drug-likeness (QED) is 0.831. The average Bonchev–Trinajstić information content (AvgIpc) is 2.91. The number of rotatable bonds is 2. The molecule has 1 aliphatic carbocycles. The van der Waals surface area contributed by atoms with Crippen molar-refractivity contribution in [2.45, 2.75) is 52.6 Å². The molecule has 4 heteroatoms. The van der Waals surface area contributed by atoms with Gasteiger partial charge >= 0.3 is 0 Å². The molecule has 0 aromatic carbocycles. The first-order valence-electron chi connectivity index (χ1n) is 7.44. The van der Waals surface area contributed by atoms with E-state index >= 15 is 0 Å². The van der Waals surface area contributed by atoms with Crippen LogP contribution < -0.4 is 5.32 Å². The number of hydrogen-bond acceptors (Lipinski definition) is 2. The molecule has 1 aromatic rings. The summed E-state index contributed by atoms with van der Waals surface area (Å²) in [6.45, 7) is 9.23. The van der Waals surface area contributed by atoms with Crippen molar-refractivity contribution in [1.82, 2.24) is 10.2 Å². The number of thiophene rings is 1. The summed E-state index contributed by atoms with van der Waals surface area (Å²) in [6.07, 6.45) is 3.89. The minimum absolute atomic E-state index is 0.446. The Balaban J connectivity index is 1.64. The Labute approximate surface area is 131 Å². The van der Waals surface area contributed by atoms with Crippen LogP contribution in [0, 0.1) is 10.8 Å². The molecular formula is C16H24N2S2. The number of nitrogens with one attached hydrogen (secondary N) is 1. The van der Waals surface area contributed by atoms with Crippen LogP contribution in [0.5, 0.6) is 0 Å². The number of thiocarbonyl (C=S) groups is 1. The van der Waals surface area contributed by atoms with Crippen molar-refractivity contribution in [3.05, 3.63) is 22.4 Å². The molecule has 1 N–H and O–H groups in total. The van der Waals surface area contributed by atoms with Crippen LogP contribution >= 0.6 is 23.6 Å². The molecule has 0 unspecified atom stereocenters. The molecule has 1 aromatic heterocycles. The summed E-state index contributed by atoms with van der Waals surface area (Å²) in [5.74, 6) is 0. The lowest BCUT2D eigenvalue weighted by Crippen LogP contribution is -2.43. The van der Waals surface area contributed by atoms with Crippen LogP contribution in [0.3, 0.4) is 0 Å². The molecule has 2 bridgehead atoms. The van der Waals surface area contributed by atoms with E-state index in [0.29, 0.717) is 16.9 Å². The Kier molecular flexibility index (Phi) is 3.57. The highest BCUT2D eigenvalue weighted by atomic mass is 32.1. The second kappa shape index (κ2) is 4.99. The van der Waals surface area contributed by atoms with Gasteiger partial charge in [-0.25, -0.2) is 0 Å². The van der Waals surface area contributed by atoms with Crippen molar-refractivity contribution in [2.24, 2.45) is 10.8 Å². The van der Waals surface area contributed by atoms with Gasteiger partial charge in [-0.3, -0.25) is 0 Å². The van der Waals surface area contributed by atoms with Crippen molar-refractivity contribution in [2.75, 3.05) is 6.54 Å². The van der Waals surface area contributed by atoms with Crippen LogP contribution in [-0.4, -0.2) is 22.6 Å². The molecule has 1 saturated heterocycles. The molecule has 1 aliphatic heterocycles. The highest BCUT2D eigenvalue weighted by Gasteiger charge is 2.50. The van der Waals surface area contributed by atoms with Crippen LogP contribution in [0.15, 0.2) is 17.5 Å². The monoisotopic (exact) mass is 308 g/mol. The van der Waals surface area contributed by atoms with Crippen molar-refractivity contribution >= 4 is 28.7 Å². The van der Waals surface area contributed by atoms with Gasteiger partial charge in [-0.15, -0.1) is 11.3 Å². The van der Waals surface area contributed by atoms with Gasteiger partial charge < -0.3 is 10.2 Å². The zero-order valence-electron chi connectivity index (χ0n) is 12.6. The fraction of sp³-hybridized carbons (Fsp3) is 0.688. The van der Waals surface area contributed by atoms with E-state index in [0.717, 1.165) is 18.2 Å². The molecular weight excluding hydrogens is 284 g/mol. The van der Waals surface area contributed by atoms with Crippen LogP contribution in [0.4, 0.5) is 0 Å². The fourth-order valence-electron chi connectivity index (χ4n) is 4.37. The molecule has 3 rings (SSSR count). The third-order valence-corrected chi connectivity index (χ3v) is 5.92. The Morgan fingerprint density at radius 3 is 2.95 bits per heavy atom. The first-order chi connectivity index (χ1) is 9.37. The van der Waals surface area contributed by atoms with E-state index in [-0.39, 0.29) is 0 Å². The van der Waals surface area contributed by atoms with Gasteiger partial charge in [0, 0.05) is 17.5 Å². The van der Waals surface area contributed by atoms with Gasteiger partial charge in [0.1, 0.15) is 0 Å². The van der Waals surface area contributed by atoms with Gasteiger partial charge in [-0.1, -0.05) is 26.8 Å². The van der Waals surface area contributed by atoms with Crippen molar-refractivity contribution in [3.8, 4) is 0 Å². The lowest BCUT2D eigenvalue weighted by Gasteiger charge is -2.39. The Morgan fingerprint density at radius 1 is 1.45 bits per heavy atom. The van der Waals surface area contributed by atoms with E-state index in [4.69, 9.17) is 12.2 Å². The highest BCUT2D eigenvalue weighted by molar-refractivity contribution is 7.80. The molecule has 0 radical (unpaired) electrons. The van der Waals surface area contributed by atoms with E-state index in [1.165, 1.54) is 24.1 Å². The first kappa shape index (κ1) is 14.3. The van der Waals surface area contributed by atoms with E-state index in [1.807, 2.05) is 0 Å². The summed E-state index contributed by atoms with van der Waals surface area (Å²) >= 11 is 7.44. The fourth-order valence-corrected chi connectivity index (χ4v) is 5.31. The second-order valence-electron chi connectivity index (χ2n) is 7.58. The standard InChI is InChI=1S/C16H24N2S2/c1-15(2)7-12-8-16(3,10-15)11-18(12)14(19)17-9-13-5-4-6-20-13/h4-6,12H,7-11H2,1-3H3,(H,17,19)/t12-,16-/m0/s1. The first-order valence-corrected chi connectivity index (χ1v) is 8.73. The Bertz CT molecular complexity index is 495. The summed E-state index contributed by atoms with van der Waals surface area (Å²) in [5.41, 5.74) is 0.900. The molecule has 2 heterocycles. The third kappa shape index (κ3) is 2.86. The summed E-state index contributed by atoms with van der Waals surface area (Å²) in [6, 6.07) is 4.89. The average molecular weight is 309 g/mol. The zero-order valence-corrected chi connectivity index (χ0v) is 14.2. The van der Waals surface area contributed by atoms with Gasteiger partial charge in [0.05, 0.1) is 6.54 Å². The molecule has 1 saturated carbocycles. The topological polar surface area (TPSA) is 15.3 Å². The molecule has 0 amide bonds. The molecule has 2 atom stereocenters. The predicted octanol–water partition coefficient (Wildman–Crippen LogP) is 4.02. The normalized spacial score (nSPS) is 31.4. The number of hydrogen-bond donors (Lipinski definition) is 1. The smallest absolute Gasteiger partial charge is 0.169 e. The summed E-state index contributed by atoms with van der Waals surface area (Å²) in [4.78, 5) is 3.80. The maximum Gasteiger partial charge on any atom is 0.169 e. The largest absolute Gasteiger partial charge is 0.358 e. The predicted molar refractivity (Wildman–Crippen MR) is 90.0 cm³/mol. The molecule has 0 spiro atoms. The maximum absolute atomic E-state index is 5.66. The Hall–Kier alpha value is -0.610. The van der Waals surface area contributed by atoms with Crippen LogP contribution in [-0.2, 0) is 6.54 Å². The van der Waals surface area contributed by atoms with Crippen LogP contribution in [0.25, 0.3) is 0 Å². The van der Waals surface area contributed by atoms with Crippen molar-refractivity contribution in [1.29, 1.82) is 0 Å². The van der Waals surface area contributed by atoms with Gasteiger partial charge in [-0.05, 0) is 53.8 Å². The zero-order chi connectivity index (χ0) is 14.4. The minimum atomic E-state index is 0.446. The van der Waals surface area contributed by atoms with E-state index in [1.54, 1.807) is 11.3 Å². The maximum atomic E-state index is 5.66. The van der Waals surface area contributed by atoms with Crippen molar-refractivity contribution in [3.63, 3.8) is 0 Å². The summed E-state index contributed by atoms with van der Waals surface area (Å²) in [7, 11) is 0. The van der Waals surface area contributed by atoms with Gasteiger partial charge in [0.25, 0.3) is 0 Å². The highest BCUT2D eigenvalue weighted by Crippen LogP contribution is 2.52. The van der Waals surface area contributed by atoms with Gasteiger partial charge in [0.15, 0.2) is 5.11 Å². The molecule has 2 aliphatic rings. The summed E-state index contributed by atoms with van der Waals surface area (Å²) < 4.78 is 0. The van der Waals surface area contributed by atoms with E-state index < -0.39 is 0 Å². The van der Waals surface area contributed by atoms with Crippen LogP contribution in [0.2, 0.25) is 0 Å². The SMILES string of the molecule is CC1(C)C[C@H]2C[C@](C)(CN2C(=S)NCc2cccs2)C1. The second-order valence-corrected chi connectivity index (χ2v) is 9.00. The molecule has 2 fully saturated rings. The van der Waals surface area contributed by atoms with E-state index in [2.05, 4.69) is 48.5 Å². The minimum Gasteiger partial charge on any atom is -0.358 e. The lowest BCUT2D eigenvalue weighted by molar-refractivity contribution is 0.132. The molecule has 110 valence electrons. The van der Waals surface area contributed by atoms with Gasteiger partial charge in [0.2, 0.25) is 0 Å². The molecule has 20 heavy (non-hydrogen) atoms. The molecule has 2 nitrogen and oxygen atoms in total. The number of fused-ring (bicyclic) bond motifs is 2. The summed E-state index contributed by atoms with van der Waals surface area (Å²) in [5, 5.41) is 6.52. The Morgan fingerprint density at radius 2 is 2.25 bits per heavy atom. The lowest BCUT2D eigenvalue weighted by atomic mass is 9.65. The van der Waals surface area contributed by atoms with Crippen LogP contribution in [0.1, 0.15) is 44.9 Å². The van der Waals surface area contributed by atoms with Gasteiger partial charge in [-0.2, -0.15) is 0 Å². The van der Waals surface area contributed by atoms with Crippen molar-refractivity contribution < 1.29 is 0 Å². The number of likely N-dealkylation sites (tertiary alicyclic amines) is 1.